The molecule has 8 heteroatoms. The van der Waals surface area contributed by atoms with E-state index in [9.17, 15) is 0 Å². The summed E-state index contributed by atoms with van der Waals surface area (Å²) in [6, 6.07) is 21.4. The standard InChI is InChI=1S/C24H31N3.H3O4P/c1-4-27(5-2)17-11-12-19(3)25-24-18-23(20-13-7-6-8-14-20)26-22-16-10-9-15-21(22)24;1-5(2,3)4/h6-10,13-16,18-19H,4-5,11-12,17H2,1-3H3,(H,25,26);(H3,1,2,3,4). The summed E-state index contributed by atoms with van der Waals surface area (Å²) in [5.74, 6) is 0. The molecular weight excluding hydrogens is 425 g/mol. The number of hydrogen-bond acceptors (Lipinski definition) is 4. The van der Waals surface area contributed by atoms with Crippen molar-refractivity contribution in [1.82, 2.24) is 9.88 Å². The van der Waals surface area contributed by atoms with Gasteiger partial charge in [0, 0.05) is 22.7 Å². The fourth-order valence-corrected chi connectivity index (χ4v) is 3.55. The van der Waals surface area contributed by atoms with Gasteiger partial charge in [-0.2, -0.15) is 0 Å². The molecule has 2 aromatic carbocycles. The van der Waals surface area contributed by atoms with E-state index in [-0.39, 0.29) is 0 Å². The van der Waals surface area contributed by atoms with Crippen molar-refractivity contribution in [2.45, 2.75) is 39.7 Å². The van der Waals surface area contributed by atoms with Gasteiger partial charge in [0.25, 0.3) is 0 Å². The summed E-state index contributed by atoms with van der Waals surface area (Å²) in [6.45, 7) is 10.2. The minimum Gasteiger partial charge on any atom is -0.382 e. The molecule has 0 aliphatic rings. The second kappa shape index (κ2) is 12.7. The molecule has 32 heavy (non-hydrogen) atoms. The van der Waals surface area contributed by atoms with Crippen molar-refractivity contribution >= 4 is 24.4 Å². The Morgan fingerprint density at radius 1 is 1.00 bits per heavy atom. The van der Waals surface area contributed by atoms with Crippen LogP contribution in [0.5, 0.6) is 0 Å². The van der Waals surface area contributed by atoms with Crippen LogP contribution in [0.25, 0.3) is 22.2 Å². The number of fused-ring (bicyclic) bond motifs is 1. The molecule has 0 aliphatic heterocycles. The third kappa shape index (κ3) is 9.07. The van der Waals surface area contributed by atoms with Crippen LogP contribution in [-0.4, -0.2) is 50.2 Å². The van der Waals surface area contributed by atoms with Crippen LogP contribution >= 0.6 is 7.82 Å². The van der Waals surface area contributed by atoms with Gasteiger partial charge in [0.2, 0.25) is 0 Å². The predicted octanol–water partition coefficient (Wildman–Crippen LogP) is 4.90. The summed E-state index contributed by atoms with van der Waals surface area (Å²) in [6.07, 6.45) is 2.37. The Morgan fingerprint density at radius 2 is 1.59 bits per heavy atom. The third-order valence-corrected chi connectivity index (χ3v) is 5.19. The van der Waals surface area contributed by atoms with Crippen molar-refractivity contribution in [3.05, 3.63) is 60.7 Å². The number of aromatic nitrogens is 1. The highest BCUT2D eigenvalue weighted by Crippen LogP contribution is 2.29. The number of benzene rings is 2. The van der Waals surface area contributed by atoms with Gasteiger partial charge in [-0.25, -0.2) is 9.55 Å². The Balaban J connectivity index is 0.000000654. The summed E-state index contributed by atoms with van der Waals surface area (Å²) in [7, 11) is -4.64. The van der Waals surface area contributed by atoms with Crippen molar-refractivity contribution in [2.75, 3.05) is 25.0 Å². The minimum absolute atomic E-state index is 0.426. The Labute approximate surface area is 190 Å². The maximum atomic E-state index is 8.88. The van der Waals surface area contributed by atoms with Gasteiger partial charge in [-0.15, -0.1) is 0 Å². The van der Waals surface area contributed by atoms with Crippen LogP contribution in [0.2, 0.25) is 0 Å². The monoisotopic (exact) mass is 459 g/mol. The normalized spacial score (nSPS) is 12.3. The predicted molar refractivity (Wildman–Crippen MR) is 132 cm³/mol. The lowest BCUT2D eigenvalue weighted by Crippen LogP contribution is -2.25. The maximum absolute atomic E-state index is 8.88. The molecule has 7 nitrogen and oxygen atoms in total. The van der Waals surface area contributed by atoms with Gasteiger partial charge in [-0.3, -0.25) is 0 Å². The van der Waals surface area contributed by atoms with E-state index >= 15 is 0 Å². The van der Waals surface area contributed by atoms with Gasteiger partial charge in [0.1, 0.15) is 0 Å². The highest BCUT2D eigenvalue weighted by molar-refractivity contribution is 7.45. The van der Waals surface area contributed by atoms with Crippen molar-refractivity contribution in [3.8, 4) is 11.3 Å². The smallest absolute Gasteiger partial charge is 0.382 e. The molecule has 0 radical (unpaired) electrons. The van der Waals surface area contributed by atoms with Crippen LogP contribution < -0.4 is 5.32 Å². The van der Waals surface area contributed by atoms with E-state index in [4.69, 9.17) is 24.2 Å². The number of anilines is 1. The number of nitrogens with one attached hydrogen (secondary N) is 1. The SMILES string of the molecule is CCN(CC)CCCC(C)Nc1cc(-c2ccccc2)nc2ccccc12.O=P(O)(O)O. The molecule has 0 aliphatic carbocycles. The lowest BCUT2D eigenvalue weighted by Gasteiger charge is -2.21. The molecule has 0 spiro atoms. The highest BCUT2D eigenvalue weighted by Gasteiger charge is 2.10. The number of hydrogen-bond donors (Lipinski definition) is 4. The summed E-state index contributed by atoms with van der Waals surface area (Å²) >= 11 is 0. The van der Waals surface area contributed by atoms with Crippen molar-refractivity contribution < 1.29 is 19.2 Å². The minimum atomic E-state index is -4.64. The van der Waals surface area contributed by atoms with E-state index in [2.05, 4.69) is 85.6 Å². The van der Waals surface area contributed by atoms with Crippen molar-refractivity contribution in [3.63, 3.8) is 0 Å². The molecule has 3 rings (SSSR count). The summed E-state index contributed by atoms with van der Waals surface area (Å²) < 4.78 is 8.88. The van der Waals surface area contributed by atoms with Gasteiger partial charge in [-0.1, -0.05) is 62.4 Å². The Bertz CT molecular complexity index is 998. The fourth-order valence-electron chi connectivity index (χ4n) is 3.55. The van der Waals surface area contributed by atoms with E-state index < -0.39 is 7.82 Å². The molecule has 1 heterocycles. The van der Waals surface area contributed by atoms with Crippen molar-refractivity contribution in [1.29, 1.82) is 0 Å². The van der Waals surface area contributed by atoms with Crippen LogP contribution in [-0.2, 0) is 4.57 Å². The summed E-state index contributed by atoms with van der Waals surface area (Å²) in [4.78, 5) is 28.9. The molecular formula is C24H34N3O4P. The van der Waals surface area contributed by atoms with Gasteiger partial charge < -0.3 is 24.9 Å². The first-order valence-corrected chi connectivity index (χ1v) is 12.5. The Morgan fingerprint density at radius 3 is 2.22 bits per heavy atom. The second-order valence-corrected chi connectivity index (χ2v) is 8.69. The van der Waals surface area contributed by atoms with E-state index in [1.165, 1.54) is 24.0 Å². The average Bonchev–Trinajstić information content (AvgIpc) is 2.76. The summed E-state index contributed by atoms with van der Waals surface area (Å²) in [5.41, 5.74) is 4.39. The summed E-state index contributed by atoms with van der Waals surface area (Å²) in [5, 5.41) is 4.93. The Hall–Kier alpha value is -2.28. The maximum Gasteiger partial charge on any atom is 0.466 e. The van der Waals surface area contributed by atoms with Gasteiger partial charge in [0.05, 0.1) is 11.2 Å². The number of rotatable bonds is 9. The van der Waals surface area contributed by atoms with Crippen molar-refractivity contribution in [2.24, 2.45) is 0 Å². The highest BCUT2D eigenvalue weighted by atomic mass is 31.2. The number of nitrogens with zero attached hydrogens (tertiary/aromatic N) is 2. The molecule has 0 amide bonds. The second-order valence-electron chi connectivity index (χ2n) is 7.67. The molecule has 0 saturated heterocycles. The van der Waals surface area contributed by atoms with Crippen LogP contribution in [0.15, 0.2) is 60.7 Å². The van der Waals surface area contributed by atoms with Crippen LogP contribution in [0, 0.1) is 0 Å². The lowest BCUT2D eigenvalue weighted by molar-refractivity contribution is 0.275. The first-order chi connectivity index (χ1) is 15.2. The molecule has 3 aromatic rings. The van der Waals surface area contributed by atoms with E-state index in [0.29, 0.717) is 6.04 Å². The van der Waals surface area contributed by atoms with E-state index in [1.807, 2.05) is 6.07 Å². The zero-order chi connectivity index (χ0) is 23.6. The molecule has 0 bridgehead atoms. The van der Waals surface area contributed by atoms with Crippen LogP contribution in [0.1, 0.15) is 33.6 Å². The molecule has 1 unspecified atom stereocenters. The van der Waals surface area contributed by atoms with Gasteiger partial charge in [-0.05, 0) is 51.5 Å². The molecule has 174 valence electrons. The lowest BCUT2D eigenvalue weighted by atomic mass is 10.1. The van der Waals surface area contributed by atoms with E-state index in [0.717, 1.165) is 36.3 Å². The van der Waals surface area contributed by atoms with Gasteiger partial charge >= 0.3 is 7.82 Å². The van der Waals surface area contributed by atoms with Crippen LogP contribution in [0.4, 0.5) is 5.69 Å². The molecule has 1 aromatic heterocycles. The van der Waals surface area contributed by atoms with E-state index in [1.54, 1.807) is 0 Å². The molecule has 1 atom stereocenters. The molecule has 0 fully saturated rings. The number of pyridine rings is 1. The Kier molecular flexibility index (Phi) is 10.3. The topological polar surface area (TPSA) is 106 Å². The average molecular weight is 460 g/mol. The quantitative estimate of drug-likeness (QED) is 0.337. The number of phosphoric acid groups is 1. The largest absolute Gasteiger partial charge is 0.466 e. The zero-order valence-electron chi connectivity index (χ0n) is 19.0. The first-order valence-electron chi connectivity index (χ1n) is 10.9. The zero-order valence-corrected chi connectivity index (χ0v) is 19.9. The molecule has 0 saturated carbocycles. The number of para-hydroxylation sites is 1. The fraction of sp³-hybridized carbons (Fsp3) is 0.375. The first kappa shape index (κ1) is 26.0. The molecule has 4 N–H and O–H groups in total. The van der Waals surface area contributed by atoms with Gasteiger partial charge in [0.15, 0.2) is 0 Å². The third-order valence-electron chi connectivity index (χ3n) is 5.19. The van der Waals surface area contributed by atoms with Crippen LogP contribution in [0.3, 0.4) is 0 Å².